The maximum atomic E-state index is 12.4. The van der Waals surface area contributed by atoms with Crippen LogP contribution in [0, 0.1) is 5.92 Å². The van der Waals surface area contributed by atoms with Gasteiger partial charge in [0.15, 0.2) is 0 Å². The standard InChI is InChI=1S/C22H26N2O3/c1-27-22(26)20-9-5-8-18(14-20)16-24-12-10-19(11-13-24)21(25)23-15-17-6-3-2-4-7-17/h2-9,14,19H,10-13,15-16H2,1H3,(H,23,25). The zero-order valence-electron chi connectivity index (χ0n) is 15.7. The SMILES string of the molecule is COC(=O)c1cccc(CN2CCC(C(=O)NCc3ccccc3)CC2)c1. The highest BCUT2D eigenvalue weighted by Gasteiger charge is 2.24. The van der Waals surface area contributed by atoms with Gasteiger partial charge in [0.1, 0.15) is 0 Å². The van der Waals surface area contributed by atoms with E-state index in [9.17, 15) is 9.59 Å². The summed E-state index contributed by atoms with van der Waals surface area (Å²) in [7, 11) is 1.39. The van der Waals surface area contributed by atoms with Gasteiger partial charge in [-0.25, -0.2) is 4.79 Å². The maximum Gasteiger partial charge on any atom is 0.337 e. The number of hydrogen-bond donors (Lipinski definition) is 1. The number of esters is 1. The second-order valence-electron chi connectivity index (χ2n) is 6.95. The summed E-state index contributed by atoms with van der Waals surface area (Å²) in [5.41, 5.74) is 2.78. The normalized spacial score (nSPS) is 15.3. The maximum absolute atomic E-state index is 12.4. The summed E-state index contributed by atoms with van der Waals surface area (Å²) in [5, 5.41) is 3.05. The van der Waals surface area contributed by atoms with Crippen LogP contribution in [-0.4, -0.2) is 37.0 Å². The Kier molecular flexibility index (Phi) is 6.60. The Hall–Kier alpha value is -2.66. The van der Waals surface area contributed by atoms with Crippen LogP contribution in [-0.2, 0) is 22.6 Å². The second kappa shape index (κ2) is 9.33. The number of piperidine rings is 1. The fourth-order valence-electron chi connectivity index (χ4n) is 3.46. The van der Waals surface area contributed by atoms with Crippen molar-refractivity contribution >= 4 is 11.9 Å². The van der Waals surface area contributed by atoms with Crippen LogP contribution in [0.2, 0.25) is 0 Å². The molecule has 0 spiro atoms. The molecular weight excluding hydrogens is 340 g/mol. The van der Waals surface area contributed by atoms with Gasteiger partial charge in [-0.2, -0.15) is 0 Å². The lowest BCUT2D eigenvalue weighted by atomic mass is 9.95. The number of nitrogens with one attached hydrogen (secondary N) is 1. The molecular formula is C22H26N2O3. The molecule has 0 unspecified atom stereocenters. The Bertz CT molecular complexity index is 768. The smallest absolute Gasteiger partial charge is 0.337 e. The Morgan fingerprint density at radius 2 is 1.74 bits per heavy atom. The Labute approximate surface area is 160 Å². The monoisotopic (exact) mass is 366 g/mol. The topological polar surface area (TPSA) is 58.6 Å². The van der Waals surface area contributed by atoms with Crippen molar-refractivity contribution in [2.24, 2.45) is 5.92 Å². The van der Waals surface area contributed by atoms with Crippen molar-refractivity contribution < 1.29 is 14.3 Å². The van der Waals surface area contributed by atoms with Gasteiger partial charge < -0.3 is 10.1 Å². The van der Waals surface area contributed by atoms with Crippen molar-refractivity contribution in [2.75, 3.05) is 20.2 Å². The Morgan fingerprint density at radius 1 is 1.04 bits per heavy atom. The third-order valence-corrected chi connectivity index (χ3v) is 5.02. The summed E-state index contributed by atoms with van der Waals surface area (Å²) in [6.07, 6.45) is 1.72. The molecule has 0 aliphatic carbocycles. The Morgan fingerprint density at radius 3 is 2.44 bits per heavy atom. The number of carbonyl (C=O) groups is 2. The van der Waals surface area contributed by atoms with Gasteiger partial charge in [0.25, 0.3) is 0 Å². The van der Waals surface area contributed by atoms with E-state index >= 15 is 0 Å². The first-order chi connectivity index (χ1) is 13.2. The fourth-order valence-corrected chi connectivity index (χ4v) is 3.46. The molecule has 1 amide bonds. The van der Waals surface area contributed by atoms with E-state index in [1.807, 2.05) is 48.5 Å². The summed E-state index contributed by atoms with van der Waals surface area (Å²) >= 11 is 0. The average molecular weight is 366 g/mol. The highest BCUT2D eigenvalue weighted by Crippen LogP contribution is 2.20. The van der Waals surface area contributed by atoms with Crippen LogP contribution in [0.25, 0.3) is 0 Å². The van der Waals surface area contributed by atoms with E-state index in [1.165, 1.54) is 7.11 Å². The molecule has 1 heterocycles. The number of methoxy groups -OCH3 is 1. The van der Waals surface area contributed by atoms with Crippen molar-refractivity contribution in [3.63, 3.8) is 0 Å². The lowest BCUT2D eigenvalue weighted by Gasteiger charge is -2.31. The van der Waals surface area contributed by atoms with E-state index in [0.29, 0.717) is 12.1 Å². The summed E-state index contributed by atoms with van der Waals surface area (Å²) in [6, 6.07) is 17.5. The van der Waals surface area contributed by atoms with Crippen molar-refractivity contribution in [1.82, 2.24) is 10.2 Å². The van der Waals surface area contributed by atoms with Gasteiger partial charge in [0.05, 0.1) is 12.7 Å². The second-order valence-corrected chi connectivity index (χ2v) is 6.95. The average Bonchev–Trinajstić information content (AvgIpc) is 2.73. The summed E-state index contributed by atoms with van der Waals surface area (Å²) in [4.78, 5) is 26.4. The largest absolute Gasteiger partial charge is 0.465 e. The molecule has 0 atom stereocenters. The summed E-state index contributed by atoms with van der Waals surface area (Å²) in [6.45, 7) is 3.13. The molecule has 27 heavy (non-hydrogen) atoms. The number of ether oxygens (including phenoxy) is 1. The van der Waals surface area contributed by atoms with Gasteiger partial charge in [0, 0.05) is 19.0 Å². The minimum Gasteiger partial charge on any atom is -0.465 e. The van der Waals surface area contributed by atoms with E-state index < -0.39 is 0 Å². The molecule has 3 rings (SSSR count). The summed E-state index contributed by atoms with van der Waals surface area (Å²) < 4.78 is 4.78. The first-order valence-corrected chi connectivity index (χ1v) is 9.37. The zero-order valence-corrected chi connectivity index (χ0v) is 15.7. The molecule has 1 N–H and O–H groups in total. The third kappa shape index (κ3) is 5.41. The molecule has 0 saturated carbocycles. The van der Waals surface area contributed by atoms with E-state index in [-0.39, 0.29) is 17.8 Å². The van der Waals surface area contributed by atoms with Gasteiger partial charge in [-0.15, -0.1) is 0 Å². The van der Waals surface area contributed by atoms with Crippen LogP contribution in [0.15, 0.2) is 54.6 Å². The molecule has 1 saturated heterocycles. The van der Waals surface area contributed by atoms with Crippen molar-refractivity contribution in [2.45, 2.75) is 25.9 Å². The molecule has 2 aromatic carbocycles. The van der Waals surface area contributed by atoms with Crippen LogP contribution in [0.1, 0.15) is 34.3 Å². The predicted molar refractivity (Wildman–Crippen MR) is 104 cm³/mol. The molecule has 1 fully saturated rings. The van der Waals surface area contributed by atoms with Crippen LogP contribution in [0.3, 0.4) is 0 Å². The zero-order chi connectivity index (χ0) is 19.1. The van der Waals surface area contributed by atoms with Gasteiger partial charge in [-0.1, -0.05) is 42.5 Å². The van der Waals surface area contributed by atoms with Gasteiger partial charge >= 0.3 is 5.97 Å². The molecule has 142 valence electrons. The Balaban J connectivity index is 1.46. The molecule has 1 aliphatic heterocycles. The van der Waals surface area contributed by atoms with Crippen LogP contribution in [0.4, 0.5) is 0 Å². The minimum absolute atomic E-state index is 0.0753. The molecule has 5 heteroatoms. The highest BCUT2D eigenvalue weighted by molar-refractivity contribution is 5.89. The number of hydrogen-bond acceptors (Lipinski definition) is 4. The molecule has 0 aromatic heterocycles. The molecule has 5 nitrogen and oxygen atoms in total. The van der Waals surface area contributed by atoms with E-state index in [1.54, 1.807) is 6.07 Å². The number of carbonyl (C=O) groups excluding carboxylic acids is 2. The predicted octanol–water partition coefficient (Wildman–Crippen LogP) is 3.00. The number of amides is 1. The highest BCUT2D eigenvalue weighted by atomic mass is 16.5. The molecule has 1 aliphatic rings. The van der Waals surface area contributed by atoms with E-state index in [0.717, 1.165) is 43.6 Å². The van der Waals surface area contributed by atoms with Crippen LogP contribution >= 0.6 is 0 Å². The minimum atomic E-state index is -0.314. The van der Waals surface area contributed by atoms with Crippen molar-refractivity contribution in [3.8, 4) is 0 Å². The van der Waals surface area contributed by atoms with Crippen LogP contribution < -0.4 is 5.32 Å². The first kappa shape index (κ1) is 19.1. The first-order valence-electron chi connectivity index (χ1n) is 9.37. The van der Waals surface area contributed by atoms with Crippen molar-refractivity contribution in [1.29, 1.82) is 0 Å². The number of rotatable bonds is 6. The fraction of sp³-hybridized carbons (Fsp3) is 0.364. The van der Waals surface area contributed by atoms with Gasteiger partial charge in [0.2, 0.25) is 5.91 Å². The van der Waals surface area contributed by atoms with Crippen molar-refractivity contribution in [3.05, 3.63) is 71.3 Å². The van der Waals surface area contributed by atoms with Crippen LogP contribution in [0.5, 0.6) is 0 Å². The molecule has 0 radical (unpaired) electrons. The van der Waals surface area contributed by atoms with E-state index in [2.05, 4.69) is 10.2 Å². The third-order valence-electron chi connectivity index (χ3n) is 5.02. The number of nitrogens with zero attached hydrogens (tertiary/aromatic N) is 1. The number of benzene rings is 2. The number of likely N-dealkylation sites (tertiary alicyclic amines) is 1. The quantitative estimate of drug-likeness (QED) is 0.799. The lowest BCUT2D eigenvalue weighted by Crippen LogP contribution is -2.40. The molecule has 2 aromatic rings. The lowest BCUT2D eigenvalue weighted by molar-refractivity contribution is -0.126. The van der Waals surface area contributed by atoms with Gasteiger partial charge in [-0.3, -0.25) is 9.69 Å². The van der Waals surface area contributed by atoms with E-state index in [4.69, 9.17) is 4.74 Å². The summed E-state index contributed by atoms with van der Waals surface area (Å²) in [5.74, 6) is -0.0943. The molecule has 0 bridgehead atoms. The van der Waals surface area contributed by atoms with Gasteiger partial charge in [-0.05, 0) is 49.2 Å².